The molecule has 0 atom stereocenters. The fourth-order valence-electron chi connectivity index (χ4n) is 0.848. The van der Waals surface area contributed by atoms with E-state index in [1.165, 1.54) is 14.1 Å². The van der Waals surface area contributed by atoms with Crippen molar-refractivity contribution in [3.63, 3.8) is 0 Å². The van der Waals surface area contributed by atoms with Crippen LogP contribution in [0.25, 0.3) is 0 Å². The van der Waals surface area contributed by atoms with Crippen molar-refractivity contribution < 1.29 is 22.0 Å². The van der Waals surface area contributed by atoms with Gasteiger partial charge in [0.2, 0.25) is 17.7 Å². The number of nitrogens with zero attached hydrogens (tertiary/aromatic N) is 4. The highest BCUT2D eigenvalue weighted by atomic mass is 19.4. The maximum atomic E-state index is 12.9. The molecule has 0 fully saturated rings. The Kier molecular flexibility index (Phi) is 3.08. The zero-order valence-corrected chi connectivity index (χ0v) is 8.76. The van der Waals surface area contributed by atoms with Gasteiger partial charge in [0.15, 0.2) is 0 Å². The van der Waals surface area contributed by atoms with Crippen LogP contribution in [0.15, 0.2) is 0 Å². The minimum atomic E-state index is -5.79. The van der Waals surface area contributed by atoms with Gasteiger partial charge < -0.3 is 10.6 Å². The third-order valence-corrected chi connectivity index (χ3v) is 1.68. The quantitative estimate of drug-likeness (QED) is 0.805. The van der Waals surface area contributed by atoms with Gasteiger partial charge in [-0.3, -0.25) is 0 Å². The molecule has 2 N–H and O–H groups in total. The van der Waals surface area contributed by atoms with E-state index in [1.807, 2.05) is 0 Å². The van der Waals surface area contributed by atoms with Gasteiger partial charge in [-0.05, 0) is 0 Å². The number of hydrogen-bond acceptors (Lipinski definition) is 5. The van der Waals surface area contributed by atoms with Gasteiger partial charge in [-0.1, -0.05) is 0 Å². The Balaban J connectivity index is 3.32. The lowest BCUT2D eigenvalue weighted by Gasteiger charge is -2.19. The molecule has 1 heterocycles. The van der Waals surface area contributed by atoms with Crippen LogP contribution in [0.5, 0.6) is 0 Å². The van der Waals surface area contributed by atoms with E-state index in [1.54, 1.807) is 0 Å². The summed E-state index contributed by atoms with van der Waals surface area (Å²) >= 11 is 0. The molecule has 10 heteroatoms. The number of aromatic nitrogens is 3. The topological polar surface area (TPSA) is 67.9 Å². The lowest BCUT2D eigenvalue weighted by atomic mass is 10.3. The Morgan fingerprint density at radius 1 is 1.00 bits per heavy atom. The average Bonchev–Trinajstić information content (AvgIpc) is 2.14. The number of alkyl halides is 5. The summed E-state index contributed by atoms with van der Waals surface area (Å²) in [7, 11) is 2.73. The molecule has 0 bridgehead atoms. The van der Waals surface area contributed by atoms with Crippen LogP contribution in [0.4, 0.5) is 33.8 Å². The van der Waals surface area contributed by atoms with Crippen LogP contribution in [-0.2, 0) is 5.92 Å². The van der Waals surface area contributed by atoms with E-state index in [2.05, 4.69) is 15.0 Å². The predicted molar refractivity (Wildman–Crippen MR) is 48.5 cm³/mol. The van der Waals surface area contributed by atoms with E-state index in [0.29, 0.717) is 0 Å². The highest BCUT2D eigenvalue weighted by molar-refractivity contribution is 5.33. The summed E-state index contributed by atoms with van der Waals surface area (Å²) in [6.45, 7) is 0. The molecule has 0 saturated heterocycles. The highest BCUT2D eigenvalue weighted by Gasteiger charge is 2.61. The maximum absolute atomic E-state index is 12.9. The molecule has 0 spiro atoms. The number of hydrogen-bond donors (Lipinski definition) is 1. The second-order valence-electron chi connectivity index (χ2n) is 3.28. The molecule has 0 amide bonds. The summed E-state index contributed by atoms with van der Waals surface area (Å²) in [6.07, 6.45) is -5.79. The molecule has 0 unspecified atom stereocenters. The van der Waals surface area contributed by atoms with Crippen molar-refractivity contribution in [3.8, 4) is 0 Å². The van der Waals surface area contributed by atoms with Gasteiger partial charge >= 0.3 is 12.1 Å². The van der Waals surface area contributed by atoms with E-state index in [9.17, 15) is 22.0 Å². The van der Waals surface area contributed by atoms with Crippen molar-refractivity contribution in [2.75, 3.05) is 24.7 Å². The number of nitrogens with two attached hydrogens (primary N) is 1. The molecular weight excluding hydrogens is 249 g/mol. The minimum Gasteiger partial charge on any atom is -0.368 e. The fourth-order valence-corrected chi connectivity index (χ4v) is 0.848. The Morgan fingerprint density at radius 3 is 1.94 bits per heavy atom. The SMILES string of the molecule is CN(C)c1nc(N)nc(C(F)(F)C(F)(F)F)n1. The van der Waals surface area contributed by atoms with Crippen molar-refractivity contribution >= 4 is 11.9 Å². The molecule has 1 aromatic rings. The van der Waals surface area contributed by atoms with Crippen LogP contribution in [0.1, 0.15) is 5.82 Å². The average molecular weight is 257 g/mol. The molecule has 0 saturated carbocycles. The molecule has 5 nitrogen and oxygen atoms in total. The first-order valence-electron chi connectivity index (χ1n) is 4.19. The molecule has 17 heavy (non-hydrogen) atoms. The van der Waals surface area contributed by atoms with Crippen molar-refractivity contribution in [2.24, 2.45) is 0 Å². The summed E-state index contributed by atoms with van der Waals surface area (Å²) in [5.74, 6) is -7.98. The smallest absolute Gasteiger partial charge is 0.368 e. The Labute approximate surface area is 92.5 Å². The van der Waals surface area contributed by atoms with Crippen molar-refractivity contribution in [1.82, 2.24) is 15.0 Å². The summed E-state index contributed by atoms with van der Waals surface area (Å²) in [5, 5.41) is 0. The fraction of sp³-hybridized carbons (Fsp3) is 0.571. The van der Waals surface area contributed by atoms with E-state index in [0.717, 1.165) is 4.90 Å². The van der Waals surface area contributed by atoms with E-state index in [-0.39, 0.29) is 5.95 Å². The van der Waals surface area contributed by atoms with Crippen LogP contribution in [0, 0.1) is 0 Å². The molecular formula is C7H8F5N5. The normalized spacial score (nSPS) is 12.6. The standard InChI is InChI=1S/C7H8F5N5/c1-17(2)5-15-3(14-4(13)16-5)6(8,9)7(10,11)12/h1-2H3,(H2,13,14,15,16). The van der Waals surface area contributed by atoms with Crippen LogP contribution in [0.3, 0.4) is 0 Å². The number of rotatable bonds is 2. The molecule has 1 aromatic heterocycles. The molecule has 0 aliphatic heterocycles. The molecule has 0 aliphatic carbocycles. The second kappa shape index (κ2) is 3.93. The maximum Gasteiger partial charge on any atom is 0.461 e. The first kappa shape index (κ1) is 13.3. The first-order valence-corrected chi connectivity index (χ1v) is 4.19. The third-order valence-electron chi connectivity index (χ3n) is 1.68. The van der Waals surface area contributed by atoms with Gasteiger partial charge in [0.05, 0.1) is 0 Å². The van der Waals surface area contributed by atoms with Gasteiger partial charge in [0, 0.05) is 14.1 Å². The third kappa shape index (κ3) is 2.50. The summed E-state index contributed by atoms with van der Waals surface area (Å²) in [5.41, 5.74) is 5.05. The highest BCUT2D eigenvalue weighted by Crippen LogP contribution is 2.42. The lowest BCUT2D eigenvalue weighted by molar-refractivity contribution is -0.292. The Hall–Kier alpha value is -1.74. The van der Waals surface area contributed by atoms with E-state index >= 15 is 0 Å². The van der Waals surface area contributed by atoms with E-state index in [4.69, 9.17) is 5.73 Å². The summed E-state index contributed by atoms with van der Waals surface area (Å²) in [6, 6.07) is 0. The van der Waals surface area contributed by atoms with E-state index < -0.39 is 23.9 Å². The number of nitrogen functional groups attached to an aromatic ring is 1. The van der Waals surface area contributed by atoms with Gasteiger partial charge in [-0.2, -0.15) is 36.9 Å². The first-order chi connectivity index (χ1) is 7.55. The minimum absolute atomic E-state index is 0.378. The summed E-state index contributed by atoms with van der Waals surface area (Å²) in [4.78, 5) is 10.4. The zero-order chi connectivity index (χ0) is 13.4. The molecule has 1 rings (SSSR count). The largest absolute Gasteiger partial charge is 0.461 e. The Morgan fingerprint density at radius 2 is 1.53 bits per heavy atom. The molecule has 96 valence electrons. The lowest BCUT2D eigenvalue weighted by Crippen LogP contribution is -2.36. The second-order valence-corrected chi connectivity index (χ2v) is 3.28. The monoisotopic (exact) mass is 257 g/mol. The summed E-state index contributed by atoms with van der Waals surface area (Å²) < 4.78 is 62.1. The molecule has 0 aromatic carbocycles. The van der Waals surface area contributed by atoms with Crippen LogP contribution in [-0.4, -0.2) is 35.2 Å². The van der Waals surface area contributed by atoms with Gasteiger partial charge in [-0.25, -0.2) is 0 Å². The van der Waals surface area contributed by atoms with Crippen LogP contribution in [0.2, 0.25) is 0 Å². The number of halogens is 5. The van der Waals surface area contributed by atoms with Crippen LogP contribution >= 0.6 is 0 Å². The van der Waals surface area contributed by atoms with Gasteiger partial charge in [-0.15, -0.1) is 0 Å². The zero-order valence-electron chi connectivity index (χ0n) is 8.76. The van der Waals surface area contributed by atoms with Crippen molar-refractivity contribution in [2.45, 2.75) is 12.1 Å². The van der Waals surface area contributed by atoms with Gasteiger partial charge in [0.1, 0.15) is 0 Å². The van der Waals surface area contributed by atoms with Gasteiger partial charge in [0.25, 0.3) is 0 Å². The molecule has 0 radical (unpaired) electrons. The van der Waals surface area contributed by atoms with Crippen molar-refractivity contribution in [1.29, 1.82) is 0 Å². The van der Waals surface area contributed by atoms with Crippen molar-refractivity contribution in [3.05, 3.63) is 5.82 Å². The Bertz CT molecular complexity index is 416. The number of anilines is 2. The molecule has 0 aliphatic rings. The van der Waals surface area contributed by atoms with Crippen LogP contribution < -0.4 is 10.6 Å². The predicted octanol–water partition coefficient (Wildman–Crippen LogP) is 1.17.